The third kappa shape index (κ3) is 4.73. The molecule has 4 nitrogen and oxygen atoms in total. The first kappa shape index (κ1) is 22.0. The first-order chi connectivity index (χ1) is 14.3. The predicted molar refractivity (Wildman–Crippen MR) is 114 cm³/mol. The molecule has 0 aliphatic carbocycles. The topological polar surface area (TPSA) is 46.6 Å². The summed E-state index contributed by atoms with van der Waals surface area (Å²) in [6.45, 7) is 5.93. The lowest BCUT2D eigenvalue weighted by Gasteiger charge is -2.35. The Labute approximate surface area is 181 Å². The van der Waals surface area contributed by atoms with Crippen molar-refractivity contribution >= 4 is 23.5 Å². The quantitative estimate of drug-likeness (QED) is 0.572. The number of amides is 1. The van der Waals surface area contributed by atoms with E-state index in [1.165, 1.54) is 11.0 Å². The summed E-state index contributed by atoms with van der Waals surface area (Å²) < 4.78 is 19.7. The maximum atomic E-state index is 14.2. The smallest absolute Gasteiger partial charge is 0.336 e. The molecule has 0 fully saturated rings. The zero-order valence-corrected chi connectivity index (χ0v) is 18.1. The molecule has 30 heavy (non-hydrogen) atoms. The molecule has 0 radical (unpaired) electrons. The molecule has 6 heteroatoms. The molecule has 0 spiro atoms. The fourth-order valence-corrected chi connectivity index (χ4v) is 3.88. The molecule has 1 atom stereocenters. The summed E-state index contributed by atoms with van der Waals surface area (Å²) in [5.74, 6) is -1.40. The number of nitrogens with zero attached hydrogens (tertiary/aromatic N) is 1. The largest absolute Gasteiger partial charge is 0.462 e. The molecule has 0 saturated heterocycles. The standard InChI is InChI=1S/C24H25ClFNO3/c1-15(2)14-30-24(29)23-16(3)27(13-17-8-4-7-11-21(17)26)22(28)12-19(23)18-9-5-6-10-20(18)25/h4-11,15,19H,12-14H2,1-3H3/t19-/m1/s1. The number of esters is 1. The molecule has 0 aromatic heterocycles. The van der Waals surface area contributed by atoms with Gasteiger partial charge < -0.3 is 9.64 Å². The summed E-state index contributed by atoms with van der Waals surface area (Å²) in [4.78, 5) is 27.5. The van der Waals surface area contributed by atoms with Gasteiger partial charge in [-0.1, -0.05) is 61.8 Å². The molecule has 0 N–H and O–H groups in total. The van der Waals surface area contributed by atoms with Gasteiger partial charge in [0.15, 0.2) is 0 Å². The van der Waals surface area contributed by atoms with Gasteiger partial charge >= 0.3 is 5.97 Å². The van der Waals surface area contributed by atoms with Gasteiger partial charge in [-0.2, -0.15) is 0 Å². The number of carbonyl (C=O) groups is 2. The summed E-state index contributed by atoms with van der Waals surface area (Å²) in [7, 11) is 0. The predicted octanol–water partition coefficient (Wildman–Crippen LogP) is 5.47. The van der Waals surface area contributed by atoms with Crippen LogP contribution in [0.1, 0.15) is 44.2 Å². The molecule has 1 amide bonds. The van der Waals surface area contributed by atoms with Crippen LogP contribution in [0.3, 0.4) is 0 Å². The molecular weight excluding hydrogens is 405 g/mol. The average molecular weight is 430 g/mol. The minimum absolute atomic E-state index is 0.0491. The molecule has 0 saturated carbocycles. The van der Waals surface area contributed by atoms with E-state index in [0.29, 0.717) is 27.4 Å². The van der Waals surface area contributed by atoms with Crippen LogP contribution in [0.25, 0.3) is 0 Å². The highest BCUT2D eigenvalue weighted by Gasteiger charge is 2.38. The van der Waals surface area contributed by atoms with E-state index < -0.39 is 17.7 Å². The Balaban J connectivity index is 2.04. The van der Waals surface area contributed by atoms with E-state index in [1.54, 1.807) is 37.3 Å². The van der Waals surface area contributed by atoms with Crippen LogP contribution in [0.2, 0.25) is 5.02 Å². The summed E-state index contributed by atoms with van der Waals surface area (Å²) in [6, 6.07) is 13.5. The van der Waals surface area contributed by atoms with E-state index in [2.05, 4.69) is 0 Å². The average Bonchev–Trinajstić information content (AvgIpc) is 2.70. The number of benzene rings is 2. The van der Waals surface area contributed by atoms with Gasteiger partial charge in [-0.05, 0) is 30.5 Å². The lowest BCUT2D eigenvalue weighted by atomic mass is 9.83. The van der Waals surface area contributed by atoms with E-state index in [4.69, 9.17) is 16.3 Å². The van der Waals surface area contributed by atoms with Crippen LogP contribution in [0.15, 0.2) is 59.8 Å². The molecule has 158 valence electrons. The van der Waals surface area contributed by atoms with Crippen LogP contribution in [0.4, 0.5) is 4.39 Å². The van der Waals surface area contributed by atoms with Crippen molar-refractivity contribution in [3.05, 3.63) is 81.8 Å². The molecule has 2 aromatic carbocycles. The lowest BCUT2D eigenvalue weighted by molar-refractivity contribution is -0.141. The summed E-state index contributed by atoms with van der Waals surface area (Å²) in [5, 5.41) is 0.486. The highest BCUT2D eigenvalue weighted by molar-refractivity contribution is 6.31. The van der Waals surface area contributed by atoms with E-state index in [9.17, 15) is 14.0 Å². The van der Waals surface area contributed by atoms with Crippen LogP contribution in [-0.2, 0) is 20.9 Å². The number of hydrogen-bond donors (Lipinski definition) is 0. The van der Waals surface area contributed by atoms with Crippen LogP contribution < -0.4 is 0 Å². The Hall–Kier alpha value is -2.66. The number of halogens is 2. The number of carbonyl (C=O) groups excluding carboxylic acids is 2. The van der Waals surface area contributed by atoms with Crippen LogP contribution in [-0.4, -0.2) is 23.4 Å². The van der Waals surface area contributed by atoms with Crippen molar-refractivity contribution in [2.45, 2.75) is 39.7 Å². The van der Waals surface area contributed by atoms with Crippen molar-refractivity contribution < 1.29 is 18.7 Å². The number of rotatable bonds is 6. The van der Waals surface area contributed by atoms with Crippen molar-refractivity contribution in [1.82, 2.24) is 4.90 Å². The summed E-state index contributed by atoms with van der Waals surface area (Å²) in [5.41, 5.74) is 1.94. The first-order valence-electron chi connectivity index (χ1n) is 9.95. The number of hydrogen-bond acceptors (Lipinski definition) is 3. The van der Waals surface area contributed by atoms with Crippen LogP contribution >= 0.6 is 11.6 Å². The van der Waals surface area contributed by atoms with Gasteiger partial charge in [0, 0.05) is 28.6 Å². The minimum atomic E-state index is -0.511. The van der Waals surface area contributed by atoms with Crippen molar-refractivity contribution in [3.8, 4) is 0 Å². The summed E-state index contributed by atoms with van der Waals surface area (Å²) >= 11 is 6.39. The second kappa shape index (κ2) is 9.43. The second-order valence-electron chi connectivity index (χ2n) is 7.84. The minimum Gasteiger partial charge on any atom is -0.462 e. The zero-order chi connectivity index (χ0) is 21.8. The Bertz CT molecular complexity index is 986. The second-order valence-corrected chi connectivity index (χ2v) is 8.25. The number of ether oxygens (including phenoxy) is 1. The fourth-order valence-electron chi connectivity index (χ4n) is 3.61. The lowest BCUT2D eigenvalue weighted by Crippen LogP contribution is -2.38. The van der Waals surface area contributed by atoms with E-state index in [1.807, 2.05) is 26.0 Å². The van der Waals surface area contributed by atoms with Gasteiger partial charge in [0.2, 0.25) is 5.91 Å². The molecule has 0 unspecified atom stereocenters. The Morgan fingerprint density at radius 2 is 1.87 bits per heavy atom. The normalized spacial score (nSPS) is 16.9. The van der Waals surface area contributed by atoms with E-state index in [0.717, 1.165) is 0 Å². The van der Waals surface area contributed by atoms with Crippen molar-refractivity contribution in [1.29, 1.82) is 0 Å². The monoisotopic (exact) mass is 429 g/mol. The van der Waals surface area contributed by atoms with Gasteiger partial charge in [-0.25, -0.2) is 9.18 Å². The SMILES string of the molecule is CC1=C(C(=O)OCC(C)C)[C@@H](c2ccccc2Cl)CC(=O)N1Cc1ccccc1F. The third-order valence-corrected chi connectivity index (χ3v) is 5.50. The maximum absolute atomic E-state index is 14.2. The van der Waals surface area contributed by atoms with Crippen molar-refractivity contribution in [2.75, 3.05) is 6.61 Å². The van der Waals surface area contributed by atoms with Crippen LogP contribution in [0.5, 0.6) is 0 Å². The maximum Gasteiger partial charge on any atom is 0.336 e. The Kier molecular flexibility index (Phi) is 6.93. The van der Waals surface area contributed by atoms with Crippen molar-refractivity contribution in [2.24, 2.45) is 5.92 Å². The van der Waals surface area contributed by atoms with Crippen molar-refractivity contribution in [3.63, 3.8) is 0 Å². The molecule has 1 aliphatic heterocycles. The van der Waals surface area contributed by atoms with E-state index in [-0.39, 0.29) is 31.4 Å². The van der Waals surface area contributed by atoms with Gasteiger partial charge in [0.25, 0.3) is 0 Å². The highest BCUT2D eigenvalue weighted by atomic mass is 35.5. The first-order valence-corrected chi connectivity index (χ1v) is 10.3. The van der Waals surface area contributed by atoms with Gasteiger partial charge in [0.1, 0.15) is 5.82 Å². The molecule has 3 rings (SSSR count). The third-order valence-electron chi connectivity index (χ3n) is 5.16. The highest BCUT2D eigenvalue weighted by Crippen LogP contribution is 2.40. The van der Waals surface area contributed by atoms with Gasteiger partial charge in [-0.3, -0.25) is 4.79 Å². The molecule has 1 aliphatic rings. The Morgan fingerprint density at radius 1 is 1.20 bits per heavy atom. The van der Waals surface area contributed by atoms with E-state index >= 15 is 0 Å². The molecule has 0 bridgehead atoms. The number of allylic oxidation sites excluding steroid dienone is 1. The molecule has 1 heterocycles. The fraction of sp³-hybridized carbons (Fsp3) is 0.333. The Morgan fingerprint density at radius 3 is 2.53 bits per heavy atom. The zero-order valence-electron chi connectivity index (χ0n) is 17.3. The van der Waals surface area contributed by atoms with Gasteiger partial charge in [0.05, 0.1) is 18.7 Å². The molecule has 2 aromatic rings. The summed E-state index contributed by atoms with van der Waals surface area (Å²) in [6.07, 6.45) is 0.0572. The van der Waals surface area contributed by atoms with Crippen LogP contribution in [0, 0.1) is 11.7 Å². The van der Waals surface area contributed by atoms with Gasteiger partial charge in [-0.15, -0.1) is 0 Å². The molecular formula is C24H25ClFNO3.